The molecule has 1 rings (SSSR count). The van der Waals surface area contributed by atoms with E-state index in [0.29, 0.717) is 17.2 Å². The summed E-state index contributed by atoms with van der Waals surface area (Å²) in [6.07, 6.45) is 1.81. The molecule has 1 aromatic rings. The average Bonchev–Trinajstić information content (AvgIpc) is 2.58. The van der Waals surface area contributed by atoms with Gasteiger partial charge in [-0.25, -0.2) is 4.79 Å². The second-order valence-corrected chi connectivity index (χ2v) is 13.5. The lowest BCUT2D eigenvalue weighted by Gasteiger charge is -2.26. The van der Waals surface area contributed by atoms with Crippen molar-refractivity contribution in [1.82, 2.24) is 0 Å². The quantitative estimate of drug-likeness (QED) is 0.352. The summed E-state index contributed by atoms with van der Waals surface area (Å²) in [6, 6.07) is 1.83. The number of aliphatic carboxylic acids is 1. The molecule has 0 aromatic heterocycles. The van der Waals surface area contributed by atoms with Crippen molar-refractivity contribution < 1.29 is 28.5 Å². The number of carbonyl (C=O) groups is 1. The molecule has 0 saturated carbocycles. The van der Waals surface area contributed by atoms with Crippen LogP contribution in [-0.4, -0.2) is 51.0 Å². The van der Waals surface area contributed by atoms with E-state index in [4.69, 9.17) is 18.6 Å². The van der Waals surface area contributed by atoms with Crippen LogP contribution in [0.25, 0.3) is 5.76 Å². The molecule has 1 aromatic carbocycles. The minimum atomic E-state index is -1.87. The Morgan fingerprint density at radius 3 is 2.18 bits per heavy atom. The third-order valence-corrected chi connectivity index (χ3v) is 6.19. The van der Waals surface area contributed by atoms with Gasteiger partial charge in [0.25, 0.3) is 0 Å². The van der Waals surface area contributed by atoms with Gasteiger partial charge in [-0.2, -0.15) is 0 Å². The van der Waals surface area contributed by atoms with Crippen molar-refractivity contribution in [3.8, 4) is 11.5 Å². The first-order chi connectivity index (χ1) is 13.0. The molecule has 0 spiro atoms. The monoisotopic (exact) mass is 426 g/mol. The Balaban J connectivity index is 3.84. The molecule has 1 N–H and O–H groups in total. The van der Waals surface area contributed by atoms with Gasteiger partial charge in [0.1, 0.15) is 11.5 Å². The fourth-order valence-electron chi connectivity index (χ4n) is 2.96. The molecule has 0 radical (unpaired) electrons. The number of ether oxygens (including phenoxy) is 3. The van der Waals surface area contributed by atoms with Crippen LogP contribution in [0.3, 0.4) is 0 Å². The molecule has 0 amide bonds. The fraction of sp³-hybridized carbons (Fsp3) is 0.550. The van der Waals surface area contributed by atoms with Crippen molar-refractivity contribution in [2.75, 3.05) is 21.3 Å². The van der Waals surface area contributed by atoms with E-state index in [-0.39, 0.29) is 11.5 Å². The lowest BCUT2D eigenvalue weighted by atomic mass is 9.98. The second kappa shape index (κ2) is 10.0. The Morgan fingerprint density at radius 2 is 1.79 bits per heavy atom. The number of methoxy groups -OCH3 is 3. The van der Waals surface area contributed by atoms with E-state index in [1.165, 1.54) is 14.2 Å². The van der Waals surface area contributed by atoms with Crippen LogP contribution < -0.4 is 14.3 Å². The lowest BCUT2D eigenvalue weighted by Crippen LogP contribution is -2.33. The van der Waals surface area contributed by atoms with Gasteiger partial charge in [-0.3, -0.25) is 0 Å². The molecule has 28 heavy (non-hydrogen) atoms. The zero-order valence-electron chi connectivity index (χ0n) is 18.6. The van der Waals surface area contributed by atoms with Crippen molar-refractivity contribution in [3.63, 3.8) is 0 Å². The average molecular weight is 427 g/mol. The van der Waals surface area contributed by atoms with Gasteiger partial charge in [-0.1, -0.05) is 13.8 Å². The number of carboxylic acid groups (broad SMARTS) is 1. The molecule has 0 fully saturated rings. The molecular formula is C20H34O6Si2. The topological polar surface area (TPSA) is 74.2 Å². The first-order valence-electron chi connectivity index (χ1n) is 9.42. The SMILES string of the molecule is COC(C(=O)O)=C(OC)c1cc(O[Si](C)(C)C)c([SiH3])c(CCC(C)C)c1OC. The van der Waals surface area contributed by atoms with E-state index in [1.807, 2.05) is 6.07 Å². The third-order valence-electron chi connectivity index (χ3n) is 4.26. The van der Waals surface area contributed by atoms with Crippen LogP contribution in [0.1, 0.15) is 31.4 Å². The summed E-state index contributed by atoms with van der Waals surface area (Å²) in [5.74, 6) is 0.599. The summed E-state index contributed by atoms with van der Waals surface area (Å²) >= 11 is 0. The molecule has 0 bridgehead atoms. The molecule has 0 atom stereocenters. The van der Waals surface area contributed by atoms with E-state index < -0.39 is 14.3 Å². The molecule has 8 heteroatoms. The Morgan fingerprint density at radius 1 is 1.18 bits per heavy atom. The molecular weight excluding hydrogens is 392 g/mol. The summed E-state index contributed by atoms with van der Waals surface area (Å²) in [6.45, 7) is 10.7. The maximum absolute atomic E-state index is 11.7. The first kappa shape index (κ1) is 24.1. The highest BCUT2D eigenvalue weighted by Gasteiger charge is 2.27. The molecule has 0 unspecified atom stereocenters. The van der Waals surface area contributed by atoms with Crippen LogP contribution in [0.5, 0.6) is 11.5 Å². The predicted molar refractivity (Wildman–Crippen MR) is 118 cm³/mol. The number of rotatable bonds is 10. The third kappa shape index (κ3) is 6.03. The van der Waals surface area contributed by atoms with Crippen LogP contribution in [0.2, 0.25) is 19.6 Å². The van der Waals surface area contributed by atoms with Crippen molar-refractivity contribution >= 4 is 35.5 Å². The van der Waals surface area contributed by atoms with Crippen molar-refractivity contribution in [3.05, 3.63) is 23.0 Å². The van der Waals surface area contributed by atoms with Crippen LogP contribution in [0, 0.1) is 5.92 Å². The van der Waals surface area contributed by atoms with E-state index in [0.717, 1.165) is 39.6 Å². The highest BCUT2D eigenvalue weighted by atomic mass is 28.4. The van der Waals surface area contributed by atoms with E-state index in [9.17, 15) is 9.90 Å². The van der Waals surface area contributed by atoms with Crippen LogP contribution >= 0.6 is 0 Å². The standard InChI is InChI=1S/C20H34O6Si2/c1-12(2)9-10-13-16(23-3)14(17(24-4)18(25-5)20(21)22)11-15(19(13)27)26-28(6,7)8/h11-12H,9-10H2,1-8,27H3,(H,21,22). The summed E-state index contributed by atoms with van der Waals surface area (Å²) in [7, 11) is 3.25. The lowest BCUT2D eigenvalue weighted by molar-refractivity contribution is -0.136. The molecule has 0 heterocycles. The van der Waals surface area contributed by atoms with Crippen molar-refractivity contribution in [2.24, 2.45) is 5.92 Å². The van der Waals surface area contributed by atoms with Crippen LogP contribution in [-0.2, 0) is 20.7 Å². The maximum Gasteiger partial charge on any atom is 0.375 e. The maximum atomic E-state index is 11.7. The summed E-state index contributed by atoms with van der Waals surface area (Å²) in [5, 5.41) is 10.7. The zero-order chi connectivity index (χ0) is 21.6. The van der Waals surface area contributed by atoms with Gasteiger partial charge < -0.3 is 23.7 Å². The van der Waals surface area contributed by atoms with Crippen LogP contribution in [0.15, 0.2) is 11.8 Å². The predicted octanol–water partition coefficient (Wildman–Crippen LogP) is 2.53. The van der Waals surface area contributed by atoms with Gasteiger partial charge in [0, 0.05) is 10.2 Å². The smallest absolute Gasteiger partial charge is 0.375 e. The minimum Gasteiger partial charge on any atom is -0.544 e. The van der Waals surface area contributed by atoms with Crippen molar-refractivity contribution in [1.29, 1.82) is 0 Å². The van der Waals surface area contributed by atoms with Gasteiger partial charge in [0.15, 0.2) is 5.76 Å². The van der Waals surface area contributed by atoms with Crippen molar-refractivity contribution in [2.45, 2.75) is 46.3 Å². The molecule has 0 aliphatic carbocycles. The number of hydrogen-bond donors (Lipinski definition) is 1. The normalized spacial score (nSPS) is 12.6. The Hall–Kier alpha value is -1.94. The summed E-state index contributed by atoms with van der Waals surface area (Å²) in [5.41, 5.74) is 1.60. The Bertz CT molecular complexity index is 735. The largest absolute Gasteiger partial charge is 0.544 e. The number of hydrogen-bond acceptors (Lipinski definition) is 5. The van der Waals surface area contributed by atoms with Gasteiger partial charge in [0.2, 0.25) is 14.1 Å². The highest BCUT2D eigenvalue weighted by Crippen LogP contribution is 2.36. The van der Waals surface area contributed by atoms with Crippen LogP contribution in [0.4, 0.5) is 0 Å². The summed E-state index contributed by atoms with van der Waals surface area (Å²) in [4.78, 5) is 11.7. The highest BCUT2D eigenvalue weighted by molar-refractivity contribution is 6.70. The molecule has 0 aliphatic rings. The van der Waals surface area contributed by atoms with Gasteiger partial charge in [-0.15, -0.1) is 0 Å². The molecule has 0 saturated heterocycles. The second-order valence-electron chi connectivity index (χ2n) is 8.08. The Kier molecular flexibility index (Phi) is 8.62. The number of benzene rings is 1. The van der Waals surface area contributed by atoms with E-state index >= 15 is 0 Å². The fourth-order valence-corrected chi connectivity index (χ4v) is 4.76. The molecule has 158 valence electrons. The molecule has 0 aliphatic heterocycles. The Labute approximate surface area is 172 Å². The van der Waals surface area contributed by atoms with Gasteiger partial charge in [0.05, 0.1) is 26.9 Å². The zero-order valence-corrected chi connectivity index (χ0v) is 21.6. The molecule has 6 nitrogen and oxygen atoms in total. The van der Waals surface area contributed by atoms with Gasteiger partial charge in [-0.05, 0) is 55.2 Å². The number of carboxylic acids is 1. The minimum absolute atomic E-state index is 0.125. The first-order valence-corrected chi connectivity index (χ1v) is 13.8. The van der Waals surface area contributed by atoms with E-state index in [2.05, 4.69) is 33.5 Å². The van der Waals surface area contributed by atoms with E-state index in [1.54, 1.807) is 7.11 Å². The summed E-state index contributed by atoms with van der Waals surface area (Å²) < 4.78 is 22.7. The van der Waals surface area contributed by atoms with Gasteiger partial charge >= 0.3 is 5.97 Å².